The molecule has 0 rings (SSSR count). The molecular formula is C13H25N3O4. The monoisotopic (exact) mass is 287 g/mol. The number of nitrogens with zero attached hydrogens (tertiary/aromatic N) is 1. The number of nitrogens with two attached hydrogens (primary N) is 1. The summed E-state index contributed by atoms with van der Waals surface area (Å²) >= 11 is 0. The van der Waals surface area contributed by atoms with Crippen LogP contribution in [0.2, 0.25) is 0 Å². The Bertz CT molecular complexity index is 371. The standard InChI is InChI=1S/C13H25N3O4/c1-5-6-13(4,11(18)19)15-12(20)16(7-9(2)3)8-10(14)17/h9H,5-8H2,1-4H3,(H2,14,17)(H,15,20)(H,18,19). The maximum absolute atomic E-state index is 12.2. The Labute approximate surface area is 119 Å². The Hall–Kier alpha value is -1.79. The van der Waals surface area contributed by atoms with Gasteiger partial charge in [0, 0.05) is 6.54 Å². The molecule has 20 heavy (non-hydrogen) atoms. The molecule has 0 radical (unpaired) electrons. The summed E-state index contributed by atoms with van der Waals surface area (Å²) in [4.78, 5) is 35.7. The van der Waals surface area contributed by atoms with Crippen LogP contribution < -0.4 is 11.1 Å². The van der Waals surface area contributed by atoms with Crippen molar-refractivity contribution in [3.8, 4) is 0 Å². The van der Waals surface area contributed by atoms with Crippen LogP contribution in [0.3, 0.4) is 0 Å². The summed E-state index contributed by atoms with van der Waals surface area (Å²) in [6.07, 6.45) is 0.920. The number of nitrogens with one attached hydrogen (secondary N) is 1. The highest BCUT2D eigenvalue weighted by atomic mass is 16.4. The second-order valence-electron chi connectivity index (χ2n) is 5.56. The Balaban J connectivity index is 4.96. The number of carboxylic acids is 1. The molecule has 3 amide bonds. The molecule has 0 aromatic heterocycles. The number of amides is 3. The Kier molecular flexibility index (Phi) is 7.02. The van der Waals surface area contributed by atoms with Crippen LogP contribution >= 0.6 is 0 Å². The maximum atomic E-state index is 12.2. The van der Waals surface area contributed by atoms with Crippen LogP contribution in [-0.2, 0) is 9.59 Å². The van der Waals surface area contributed by atoms with Crippen molar-refractivity contribution in [3.63, 3.8) is 0 Å². The smallest absolute Gasteiger partial charge is 0.329 e. The lowest BCUT2D eigenvalue weighted by atomic mass is 9.96. The third-order valence-corrected chi connectivity index (χ3v) is 2.82. The highest BCUT2D eigenvalue weighted by Crippen LogP contribution is 2.13. The van der Waals surface area contributed by atoms with E-state index < -0.39 is 23.4 Å². The highest BCUT2D eigenvalue weighted by Gasteiger charge is 2.35. The van der Waals surface area contributed by atoms with Crippen LogP contribution in [0.15, 0.2) is 0 Å². The van der Waals surface area contributed by atoms with Crippen molar-refractivity contribution in [1.29, 1.82) is 0 Å². The third-order valence-electron chi connectivity index (χ3n) is 2.82. The van der Waals surface area contributed by atoms with Gasteiger partial charge >= 0.3 is 12.0 Å². The number of carboxylic acid groups (broad SMARTS) is 1. The van der Waals surface area contributed by atoms with E-state index in [4.69, 9.17) is 5.73 Å². The summed E-state index contributed by atoms with van der Waals surface area (Å²) in [7, 11) is 0. The Morgan fingerprint density at radius 1 is 1.35 bits per heavy atom. The molecule has 1 unspecified atom stereocenters. The SMILES string of the molecule is CCCC(C)(NC(=O)N(CC(N)=O)CC(C)C)C(=O)O. The van der Waals surface area contributed by atoms with Gasteiger partial charge in [-0.05, 0) is 19.3 Å². The third kappa shape index (κ3) is 5.90. The molecule has 7 heteroatoms. The van der Waals surface area contributed by atoms with Gasteiger partial charge in [-0.1, -0.05) is 27.2 Å². The van der Waals surface area contributed by atoms with Crippen molar-refractivity contribution >= 4 is 17.9 Å². The maximum Gasteiger partial charge on any atom is 0.329 e. The minimum Gasteiger partial charge on any atom is -0.480 e. The van der Waals surface area contributed by atoms with Crippen molar-refractivity contribution in [2.45, 2.75) is 46.1 Å². The fourth-order valence-electron chi connectivity index (χ4n) is 1.89. The van der Waals surface area contributed by atoms with Gasteiger partial charge in [0.2, 0.25) is 5.91 Å². The van der Waals surface area contributed by atoms with Crippen molar-refractivity contribution in [3.05, 3.63) is 0 Å². The molecule has 0 heterocycles. The normalized spacial score (nSPS) is 13.7. The molecule has 0 aliphatic heterocycles. The number of carbonyl (C=O) groups excluding carboxylic acids is 2. The van der Waals surface area contributed by atoms with E-state index in [1.165, 1.54) is 11.8 Å². The molecule has 0 saturated heterocycles. The van der Waals surface area contributed by atoms with E-state index in [1.54, 1.807) is 0 Å². The molecule has 116 valence electrons. The number of hydrogen-bond acceptors (Lipinski definition) is 3. The largest absolute Gasteiger partial charge is 0.480 e. The molecule has 0 bridgehead atoms. The molecule has 0 saturated carbocycles. The fraction of sp³-hybridized carbons (Fsp3) is 0.769. The quantitative estimate of drug-likeness (QED) is 0.612. The predicted molar refractivity (Wildman–Crippen MR) is 75.1 cm³/mol. The van der Waals surface area contributed by atoms with Crippen molar-refractivity contribution < 1.29 is 19.5 Å². The summed E-state index contributed by atoms with van der Waals surface area (Å²) in [6, 6.07) is -0.587. The minimum atomic E-state index is -1.35. The average molecular weight is 287 g/mol. The number of hydrogen-bond donors (Lipinski definition) is 3. The lowest BCUT2D eigenvalue weighted by molar-refractivity contribution is -0.144. The van der Waals surface area contributed by atoms with Crippen molar-refractivity contribution in [2.24, 2.45) is 11.7 Å². The van der Waals surface area contributed by atoms with Gasteiger partial charge in [-0.3, -0.25) is 4.79 Å². The lowest BCUT2D eigenvalue weighted by Gasteiger charge is -2.30. The lowest BCUT2D eigenvalue weighted by Crippen LogP contribution is -2.57. The van der Waals surface area contributed by atoms with Gasteiger partial charge in [0.1, 0.15) is 12.1 Å². The molecule has 0 aromatic rings. The molecule has 4 N–H and O–H groups in total. The van der Waals surface area contributed by atoms with Crippen molar-refractivity contribution in [1.82, 2.24) is 10.2 Å². The first-order chi connectivity index (χ1) is 9.12. The summed E-state index contributed by atoms with van der Waals surface area (Å²) < 4.78 is 0. The van der Waals surface area contributed by atoms with Gasteiger partial charge in [-0.15, -0.1) is 0 Å². The Morgan fingerprint density at radius 2 is 1.90 bits per heavy atom. The van der Waals surface area contributed by atoms with E-state index in [2.05, 4.69) is 5.32 Å². The second kappa shape index (κ2) is 7.72. The van der Waals surface area contributed by atoms with Crippen molar-refractivity contribution in [2.75, 3.05) is 13.1 Å². The van der Waals surface area contributed by atoms with Crippen LogP contribution in [0.4, 0.5) is 4.79 Å². The molecule has 0 fully saturated rings. The summed E-state index contributed by atoms with van der Waals surface area (Å²) in [5, 5.41) is 11.7. The van der Waals surface area contributed by atoms with Crippen LogP contribution in [0, 0.1) is 5.92 Å². The number of rotatable bonds is 8. The summed E-state index contributed by atoms with van der Waals surface area (Å²) in [5.74, 6) is -1.59. The fourth-order valence-corrected chi connectivity index (χ4v) is 1.89. The van der Waals surface area contributed by atoms with Crippen LogP contribution in [0.5, 0.6) is 0 Å². The van der Waals surface area contributed by atoms with Gasteiger partial charge < -0.3 is 21.1 Å². The number of urea groups is 1. The molecule has 0 aliphatic rings. The van der Waals surface area contributed by atoms with Crippen LogP contribution in [0.1, 0.15) is 40.5 Å². The molecule has 7 nitrogen and oxygen atoms in total. The first-order valence-electron chi connectivity index (χ1n) is 6.71. The first kappa shape index (κ1) is 18.2. The van der Waals surface area contributed by atoms with Gasteiger partial charge in [-0.2, -0.15) is 0 Å². The zero-order valence-corrected chi connectivity index (χ0v) is 12.6. The zero-order valence-electron chi connectivity index (χ0n) is 12.6. The van der Waals surface area contributed by atoms with E-state index in [0.29, 0.717) is 19.4 Å². The zero-order chi connectivity index (χ0) is 15.9. The predicted octanol–water partition coefficient (Wildman–Crippen LogP) is 0.783. The van der Waals surface area contributed by atoms with Gasteiger partial charge in [-0.25, -0.2) is 9.59 Å². The summed E-state index contributed by atoms with van der Waals surface area (Å²) in [5.41, 5.74) is 3.76. The average Bonchev–Trinajstić information content (AvgIpc) is 2.26. The first-order valence-corrected chi connectivity index (χ1v) is 6.71. The minimum absolute atomic E-state index is 0.141. The van der Waals surface area contributed by atoms with Crippen LogP contribution in [0.25, 0.3) is 0 Å². The molecule has 0 spiro atoms. The molecule has 0 aliphatic carbocycles. The number of primary amides is 1. The molecule has 0 aromatic carbocycles. The van der Waals surface area contributed by atoms with Gasteiger partial charge in [0.25, 0.3) is 0 Å². The van der Waals surface area contributed by atoms with E-state index in [0.717, 1.165) is 0 Å². The van der Waals surface area contributed by atoms with Gasteiger partial charge in [0.15, 0.2) is 0 Å². The van der Waals surface area contributed by atoms with E-state index in [-0.39, 0.29) is 12.5 Å². The topological polar surface area (TPSA) is 113 Å². The number of aliphatic carboxylic acids is 1. The van der Waals surface area contributed by atoms with Crippen LogP contribution in [-0.4, -0.2) is 46.5 Å². The highest BCUT2D eigenvalue weighted by molar-refractivity contribution is 5.88. The van der Waals surface area contributed by atoms with Gasteiger partial charge in [0.05, 0.1) is 0 Å². The van der Waals surface area contributed by atoms with E-state index >= 15 is 0 Å². The van der Waals surface area contributed by atoms with E-state index in [9.17, 15) is 19.5 Å². The molecular weight excluding hydrogens is 262 g/mol. The Morgan fingerprint density at radius 3 is 2.25 bits per heavy atom. The molecule has 1 atom stereocenters. The summed E-state index contributed by atoms with van der Waals surface area (Å²) in [6.45, 7) is 7.17. The number of carbonyl (C=O) groups is 3. The van der Waals surface area contributed by atoms with E-state index in [1.807, 2.05) is 20.8 Å². The second-order valence-corrected chi connectivity index (χ2v) is 5.56.